The van der Waals surface area contributed by atoms with Crippen molar-refractivity contribution in [2.45, 2.75) is 20.0 Å². The first-order chi connectivity index (χ1) is 6.37. The topological polar surface area (TPSA) is 69.7 Å². The monoisotopic (exact) mass is 220 g/mol. The smallest absolute Gasteiger partial charge is 0.323 e. The SMILES string of the molecule is C#CCOS(=O)(=O)CC(=O)OC(C)C. The second kappa shape index (κ2) is 5.62. The van der Waals surface area contributed by atoms with E-state index in [4.69, 9.17) is 6.42 Å². The van der Waals surface area contributed by atoms with Crippen LogP contribution in [0.2, 0.25) is 0 Å². The van der Waals surface area contributed by atoms with E-state index in [-0.39, 0.29) is 12.7 Å². The summed E-state index contributed by atoms with van der Waals surface area (Å²) in [7, 11) is -3.91. The quantitative estimate of drug-likeness (QED) is 0.368. The molecule has 0 saturated heterocycles. The molecule has 0 unspecified atom stereocenters. The first-order valence-corrected chi connectivity index (χ1v) is 5.45. The largest absolute Gasteiger partial charge is 0.462 e. The predicted molar refractivity (Wildman–Crippen MR) is 49.8 cm³/mol. The Bertz CT molecular complexity index is 322. The zero-order valence-corrected chi connectivity index (χ0v) is 8.83. The van der Waals surface area contributed by atoms with Gasteiger partial charge < -0.3 is 4.74 Å². The first kappa shape index (κ1) is 12.9. The number of carbonyl (C=O) groups excluding carboxylic acids is 1. The predicted octanol–water partition coefficient (Wildman–Crippen LogP) is -0.0824. The molecule has 0 spiro atoms. The number of rotatable bonds is 5. The number of terminal acetylenes is 1. The van der Waals surface area contributed by atoms with Crippen LogP contribution < -0.4 is 0 Å². The van der Waals surface area contributed by atoms with Crippen molar-refractivity contribution < 1.29 is 22.1 Å². The maximum Gasteiger partial charge on any atom is 0.323 e. The van der Waals surface area contributed by atoms with E-state index in [9.17, 15) is 13.2 Å². The van der Waals surface area contributed by atoms with Crippen LogP contribution in [0, 0.1) is 12.3 Å². The van der Waals surface area contributed by atoms with Crippen LogP contribution in [-0.4, -0.2) is 32.9 Å². The number of carbonyl (C=O) groups is 1. The Kier molecular flexibility index (Phi) is 5.20. The lowest BCUT2D eigenvalue weighted by molar-refractivity contribution is -0.144. The Hall–Kier alpha value is -1.06. The molecule has 0 fully saturated rings. The zero-order valence-electron chi connectivity index (χ0n) is 8.02. The van der Waals surface area contributed by atoms with Crippen molar-refractivity contribution in [2.75, 3.05) is 12.4 Å². The van der Waals surface area contributed by atoms with E-state index in [1.165, 1.54) is 0 Å². The molecule has 0 aliphatic heterocycles. The highest BCUT2D eigenvalue weighted by Gasteiger charge is 2.18. The Labute approximate surface area is 83.5 Å². The van der Waals surface area contributed by atoms with Crippen molar-refractivity contribution in [3.05, 3.63) is 0 Å². The standard InChI is InChI=1S/C8H12O5S/c1-4-5-12-14(10,11)6-8(9)13-7(2)3/h1,7H,5-6H2,2-3H3. The van der Waals surface area contributed by atoms with Gasteiger partial charge in [0.2, 0.25) is 0 Å². The molecule has 0 saturated carbocycles. The average molecular weight is 220 g/mol. The zero-order chi connectivity index (χ0) is 11.2. The van der Waals surface area contributed by atoms with Crippen LogP contribution in [0.15, 0.2) is 0 Å². The van der Waals surface area contributed by atoms with E-state index < -0.39 is 21.8 Å². The molecule has 0 N–H and O–H groups in total. The summed E-state index contributed by atoms with van der Waals surface area (Å²) in [5.74, 6) is 0.322. The van der Waals surface area contributed by atoms with Gasteiger partial charge in [-0.3, -0.25) is 8.98 Å². The van der Waals surface area contributed by atoms with Gasteiger partial charge in [-0.1, -0.05) is 5.92 Å². The molecule has 0 amide bonds. The third-order valence-corrected chi connectivity index (χ3v) is 2.05. The lowest BCUT2D eigenvalue weighted by Gasteiger charge is -2.07. The summed E-state index contributed by atoms with van der Waals surface area (Å²) >= 11 is 0. The molecule has 0 aromatic carbocycles. The van der Waals surface area contributed by atoms with E-state index >= 15 is 0 Å². The minimum atomic E-state index is -3.91. The molecule has 80 valence electrons. The van der Waals surface area contributed by atoms with Gasteiger partial charge in [-0.15, -0.1) is 6.42 Å². The summed E-state index contributed by atoms with van der Waals surface area (Å²) in [6, 6.07) is 0. The van der Waals surface area contributed by atoms with Crippen LogP contribution in [0.1, 0.15) is 13.8 Å². The summed E-state index contributed by atoms with van der Waals surface area (Å²) in [5.41, 5.74) is 0. The second-order valence-corrected chi connectivity index (χ2v) is 4.35. The van der Waals surface area contributed by atoms with Crippen LogP contribution >= 0.6 is 0 Å². The van der Waals surface area contributed by atoms with Gasteiger partial charge >= 0.3 is 5.97 Å². The van der Waals surface area contributed by atoms with Gasteiger partial charge in [0.05, 0.1) is 6.10 Å². The van der Waals surface area contributed by atoms with Gasteiger partial charge in [-0.2, -0.15) is 8.42 Å². The molecule has 5 nitrogen and oxygen atoms in total. The van der Waals surface area contributed by atoms with Gasteiger partial charge in [0.25, 0.3) is 10.1 Å². The van der Waals surface area contributed by atoms with Crippen molar-refractivity contribution in [3.63, 3.8) is 0 Å². The lowest BCUT2D eigenvalue weighted by atomic mass is 10.5. The number of ether oxygens (including phenoxy) is 1. The van der Waals surface area contributed by atoms with Crippen LogP contribution in [0.5, 0.6) is 0 Å². The van der Waals surface area contributed by atoms with Gasteiger partial charge in [-0.05, 0) is 13.8 Å². The number of hydrogen-bond donors (Lipinski definition) is 0. The molecule has 0 aliphatic rings. The fraction of sp³-hybridized carbons (Fsp3) is 0.625. The molecule has 0 heterocycles. The molecule has 0 aliphatic carbocycles. The average Bonchev–Trinajstić information content (AvgIpc) is 1.98. The number of hydrogen-bond acceptors (Lipinski definition) is 5. The second-order valence-electron chi connectivity index (χ2n) is 2.71. The van der Waals surface area contributed by atoms with Crippen LogP contribution in [0.3, 0.4) is 0 Å². The fourth-order valence-electron chi connectivity index (χ4n) is 0.607. The van der Waals surface area contributed by atoms with Crippen molar-refractivity contribution in [3.8, 4) is 12.3 Å². The van der Waals surface area contributed by atoms with E-state index in [0.29, 0.717) is 0 Å². The van der Waals surface area contributed by atoms with Gasteiger partial charge in [0.1, 0.15) is 6.61 Å². The highest BCUT2D eigenvalue weighted by Crippen LogP contribution is 1.97. The minimum absolute atomic E-state index is 0.356. The Morgan fingerprint density at radius 3 is 2.50 bits per heavy atom. The van der Waals surface area contributed by atoms with Crippen molar-refractivity contribution in [1.82, 2.24) is 0 Å². The third kappa shape index (κ3) is 6.46. The Morgan fingerprint density at radius 2 is 2.07 bits per heavy atom. The van der Waals surface area contributed by atoms with Gasteiger partial charge in [0.15, 0.2) is 5.75 Å². The highest BCUT2D eigenvalue weighted by atomic mass is 32.2. The highest BCUT2D eigenvalue weighted by molar-refractivity contribution is 7.87. The molecule has 14 heavy (non-hydrogen) atoms. The minimum Gasteiger partial charge on any atom is -0.462 e. The number of esters is 1. The van der Waals surface area contributed by atoms with Gasteiger partial charge in [0, 0.05) is 0 Å². The summed E-state index contributed by atoms with van der Waals surface area (Å²) in [6.07, 6.45) is 4.44. The van der Waals surface area contributed by atoms with Crippen LogP contribution in [0.25, 0.3) is 0 Å². The molecule has 0 aromatic rings. The van der Waals surface area contributed by atoms with E-state index in [0.717, 1.165) is 0 Å². The maximum atomic E-state index is 11.0. The molecular formula is C8H12O5S. The third-order valence-electron chi connectivity index (χ3n) is 0.984. The summed E-state index contributed by atoms with van der Waals surface area (Å²) in [4.78, 5) is 10.9. The van der Waals surface area contributed by atoms with Crippen molar-refractivity contribution >= 4 is 16.1 Å². The van der Waals surface area contributed by atoms with E-state index in [1.54, 1.807) is 13.8 Å². The van der Waals surface area contributed by atoms with E-state index in [2.05, 4.69) is 8.92 Å². The fourth-order valence-corrected chi connectivity index (χ4v) is 1.29. The first-order valence-electron chi connectivity index (χ1n) is 3.87. The summed E-state index contributed by atoms with van der Waals surface area (Å²) in [5, 5.41) is 0. The lowest BCUT2D eigenvalue weighted by Crippen LogP contribution is -2.23. The molecule has 6 heteroatoms. The Balaban J connectivity index is 4.11. The molecule has 0 radical (unpaired) electrons. The van der Waals surface area contributed by atoms with Crippen molar-refractivity contribution in [2.24, 2.45) is 0 Å². The molecule has 0 bridgehead atoms. The maximum absolute atomic E-state index is 11.0. The van der Waals surface area contributed by atoms with Crippen LogP contribution in [0.4, 0.5) is 0 Å². The van der Waals surface area contributed by atoms with Crippen molar-refractivity contribution in [1.29, 1.82) is 0 Å². The normalized spacial score (nSPS) is 11.0. The Morgan fingerprint density at radius 1 is 1.50 bits per heavy atom. The molecular weight excluding hydrogens is 208 g/mol. The van der Waals surface area contributed by atoms with E-state index in [1.807, 2.05) is 5.92 Å². The van der Waals surface area contributed by atoms with Gasteiger partial charge in [-0.25, -0.2) is 0 Å². The summed E-state index contributed by atoms with van der Waals surface area (Å²) in [6.45, 7) is 2.86. The van der Waals surface area contributed by atoms with Crippen LogP contribution in [-0.2, 0) is 23.8 Å². The summed E-state index contributed by atoms with van der Waals surface area (Å²) < 4.78 is 30.8. The molecule has 0 rings (SSSR count). The molecule has 0 aromatic heterocycles. The molecule has 0 atom stereocenters.